The van der Waals surface area contributed by atoms with Gasteiger partial charge in [0.25, 0.3) is 5.91 Å². The monoisotopic (exact) mass is 382 g/mol. The summed E-state index contributed by atoms with van der Waals surface area (Å²) in [5.41, 5.74) is 0.640. The predicted octanol–water partition coefficient (Wildman–Crippen LogP) is 1.47. The van der Waals surface area contributed by atoms with E-state index < -0.39 is 16.0 Å². The van der Waals surface area contributed by atoms with E-state index in [0.29, 0.717) is 25.2 Å². The fourth-order valence-corrected chi connectivity index (χ4v) is 4.23. The minimum atomic E-state index is -3.47. The summed E-state index contributed by atoms with van der Waals surface area (Å²) in [6, 6.07) is 6.24. The fourth-order valence-electron chi connectivity index (χ4n) is 2.71. The number of esters is 1. The van der Waals surface area contributed by atoms with E-state index in [0.717, 1.165) is 25.7 Å². The molecule has 0 aromatic heterocycles. The van der Waals surface area contributed by atoms with E-state index in [1.165, 1.54) is 16.4 Å². The Morgan fingerprint density at radius 1 is 1.12 bits per heavy atom. The van der Waals surface area contributed by atoms with E-state index in [-0.39, 0.29) is 23.8 Å². The van der Waals surface area contributed by atoms with Gasteiger partial charge in [-0.2, -0.15) is 4.31 Å². The van der Waals surface area contributed by atoms with Crippen LogP contribution in [0.1, 0.15) is 38.2 Å². The number of hydrogen-bond acceptors (Lipinski definition) is 5. The van der Waals surface area contributed by atoms with Crippen LogP contribution in [-0.2, 0) is 30.8 Å². The number of piperidine rings is 1. The van der Waals surface area contributed by atoms with Crippen molar-refractivity contribution >= 4 is 21.9 Å². The Balaban J connectivity index is 1.88. The molecule has 1 fully saturated rings. The van der Waals surface area contributed by atoms with Gasteiger partial charge in [-0.05, 0) is 37.0 Å². The predicted molar refractivity (Wildman–Crippen MR) is 97.0 cm³/mol. The van der Waals surface area contributed by atoms with E-state index in [1.54, 1.807) is 12.1 Å². The first-order valence-electron chi connectivity index (χ1n) is 8.95. The van der Waals surface area contributed by atoms with Crippen LogP contribution in [0.15, 0.2) is 29.2 Å². The molecule has 1 N–H and O–H groups in total. The number of rotatable bonds is 8. The van der Waals surface area contributed by atoms with Crippen molar-refractivity contribution < 1.29 is 22.7 Å². The quantitative estimate of drug-likeness (QED) is 0.688. The van der Waals surface area contributed by atoms with Crippen molar-refractivity contribution in [3.05, 3.63) is 29.8 Å². The number of carbonyl (C=O) groups is 2. The summed E-state index contributed by atoms with van der Waals surface area (Å²) in [7, 11) is -3.47. The molecule has 0 unspecified atom stereocenters. The molecule has 1 aliphatic heterocycles. The number of amides is 1. The zero-order valence-corrected chi connectivity index (χ0v) is 15.9. The number of sulfonamides is 1. The highest BCUT2D eigenvalue weighted by Gasteiger charge is 2.25. The van der Waals surface area contributed by atoms with Crippen LogP contribution in [0, 0.1) is 0 Å². The zero-order valence-electron chi connectivity index (χ0n) is 15.1. The van der Waals surface area contributed by atoms with Crippen molar-refractivity contribution in [3.8, 4) is 0 Å². The van der Waals surface area contributed by atoms with Gasteiger partial charge in [0.2, 0.25) is 10.0 Å². The molecular formula is C18H26N2O5S. The molecule has 1 amide bonds. The molecule has 0 atom stereocenters. The van der Waals surface area contributed by atoms with Gasteiger partial charge in [0.1, 0.15) is 0 Å². The van der Waals surface area contributed by atoms with Gasteiger partial charge in [-0.3, -0.25) is 9.59 Å². The molecule has 26 heavy (non-hydrogen) atoms. The van der Waals surface area contributed by atoms with Crippen LogP contribution in [-0.4, -0.2) is 50.8 Å². The van der Waals surface area contributed by atoms with Crippen LogP contribution >= 0.6 is 0 Å². The number of carbonyl (C=O) groups excluding carboxylic acids is 2. The second-order valence-corrected chi connectivity index (χ2v) is 8.23. The maximum Gasteiger partial charge on any atom is 0.310 e. The van der Waals surface area contributed by atoms with E-state index in [4.69, 9.17) is 4.74 Å². The highest BCUT2D eigenvalue weighted by Crippen LogP contribution is 2.21. The molecule has 2 rings (SSSR count). The summed E-state index contributed by atoms with van der Waals surface area (Å²) in [6.07, 6.45) is 3.63. The Morgan fingerprint density at radius 2 is 1.77 bits per heavy atom. The van der Waals surface area contributed by atoms with E-state index in [2.05, 4.69) is 5.32 Å². The Kier molecular flexibility index (Phi) is 7.59. The highest BCUT2D eigenvalue weighted by atomic mass is 32.2. The average molecular weight is 382 g/mol. The summed E-state index contributed by atoms with van der Waals surface area (Å²) in [4.78, 5) is 23.4. The third kappa shape index (κ3) is 5.81. The molecule has 0 radical (unpaired) electrons. The van der Waals surface area contributed by atoms with Gasteiger partial charge < -0.3 is 10.1 Å². The van der Waals surface area contributed by atoms with Crippen LogP contribution in [0.5, 0.6) is 0 Å². The first kappa shape index (κ1) is 20.4. The van der Waals surface area contributed by atoms with Crippen LogP contribution in [0.3, 0.4) is 0 Å². The van der Waals surface area contributed by atoms with Crippen LogP contribution in [0.4, 0.5) is 0 Å². The minimum absolute atomic E-state index is 0.00883. The van der Waals surface area contributed by atoms with Gasteiger partial charge in [0.05, 0.1) is 11.3 Å². The van der Waals surface area contributed by atoms with Crippen LogP contribution < -0.4 is 5.32 Å². The Labute approximate surface area is 154 Å². The normalized spacial score (nSPS) is 15.4. The van der Waals surface area contributed by atoms with Crippen LogP contribution in [0.25, 0.3) is 0 Å². The van der Waals surface area contributed by atoms with Crippen molar-refractivity contribution in [1.82, 2.24) is 9.62 Å². The lowest BCUT2D eigenvalue weighted by Crippen LogP contribution is -2.35. The molecule has 1 aromatic rings. The standard InChI is InChI=1S/C18H26N2O5S/c1-2-10-19-17(21)14-25-18(22)13-15-6-8-16(9-7-15)26(23,24)20-11-4-3-5-12-20/h6-9H,2-5,10-14H2,1H3,(H,19,21). The highest BCUT2D eigenvalue weighted by molar-refractivity contribution is 7.89. The van der Waals surface area contributed by atoms with E-state index in [9.17, 15) is 18.0 Å². The topological polar surface area (TPSA) is 92.8 Å². The zero-order chi connectivity index (χ0) is 19.0. The molecule has 144 valence electrons. The molecule has 8 heteroatoms. The first-order valence-corrected chi connectivity index (χ1v) is 10.4. The maximum absolute atomic E-state index is 12.6. The molecule has 0 saturated carbocycles. The fraction of sp³-hybridized carbons (Fsp3) is 0.556. The van der Waals surface area contributed by atoms with E-state index in [1.807, 2.05) is 6.92 Å². The average Bonchev–Trinajstić information content (AvgIpc) is 2.66. The van der Waals surface area contributed by atoms with Crippen molar-refractivity contribution in [1.29, 1.82) is 0 Å². The van der Waals surface area contributed by atoms with Gasteiger partial charge in [0, 0.05) is 19.6 Å². The SMILES string of the molecule is CCCNC(=O)COC(=O)Cc1ccc(S(=O)(=O)N2CCCCC2)cc1. The molecule has 1 heterocycles. The van der Waals surface area contributed by atoms with Crippen molar-refractivity contribution in [2.75, 3.05) is 26.2 Å². The molecule has 7 nitrogen and oxygen atoms in total. The minimum Gasteiger partial charge on any atom is -0.455 e. The third-order valence-electron chi connectivity index (χ3n) is 4.16. The molecule has 1 saturated heterocycles. The molecular weight excluding hydrogens is 356 g/mol. The number of nitrogens with zero attached hydrogens (tertiary/aromatic N) is 1. The molecule has 0 aliphatic carbocycles. The number of ether oxygens (including phenoxy) is 1. The molecule has 0 spiro atoms. The van der Waals surface area contributed by atoms with Gasteiger partial charge in [0.15, 0.2) is 6.61 Å². The van der Waals surface area contributed by atoms with Gasteiger partial charge in [-0.25, -0.2) is 8.42 Å². The van der Waals surface area contributed by atoms with Gasteiger partial charge >= 0.3 is 5.97 Å². The lowest BCUT2D eigenvalue weighted by molar-refractivity contribution is -0.147. The number of benzene rings is 1. The Bertz CT molecular complexity index is 710. The third-order valence-corrected chi connectivity index (χ3v) is 6.07. The second kappa shape index (κ2) is 9.68. The lowest BCUT2D eigenvalue weighted by atomic mass is 10.1. The second-order valence-electron chi connectivity index (χ2n) is 6.30. The summed E-state index contributed by atoms with van der Waals surface area (Å²) in [5, 5.41) is 2.62. The summed E-state index contributed by atoms with van der Waals surface area (Å²) < 4.78 is 31.6. The maximum atomic E-state index is 12.6. The van der Waals surface area contributed by atoms with Crippen LogP contribution in [0.2, 0.25) is 0 Å². The van der Waals surface area contributed by atoms with E-state index >= 15 is 0 Å². The number of nitrogens with one attached hydrogen (secondary N) is 1. The summed E-state index contributed by atoms with van der Waals surface area (Å²) in [6.45, 7) is 3.28. The number of hydrogen-bond donors (Lipinski definition) is 1. The van der Waals surface area contributed by atoms with Crippen molar-refractivity contribution in [3.63, 3.8) is 0 Å². The molecule has 1 aliphatic rings. The Morgan fingerprint density at radius 3 is 2.38 bits per heavy atom. The smallest absolute Gasteiger partial charge is 0.310 e. The first-order chi connectivity index (χ1) is 12.4. The largest absolute Gasteiger partial charge is 0.455 e. The van der Waals surface area contributed by atoms with Crippen molar-refractivity contribution in [2.24, 2.45) is 0 Å². The molecule has 0 bridgehead atoms. The lowest BCUT2D eigenvalue weighted by Gasteiger charge is -2.25. The van der Waals surface area contributed by atoms with Gasteiger partial charge in [-0.1, -0.05) is 25.5 Å². The Hall–Kier alpha value is -1.93. The summed E-state index contributed by atoms with van der Waals surface area (Å²) in [5.74, 6) is -0.855. The van der Waals surface area contributed by atoms with Gasteiger partial charge in [-0.15, -0.1) is 0 Å². The van der Waals surface area contributed by atoms with Crippen molar-refractivity contribution in [2.45, 2.75) is 43.9 Å². The molecule has 1 aromatic carbocycles. The summed E-state index contributed by atoms with van der Waals surface area (Å²) >= 11 is 0.